The minimum atomic E-state index is -1.96. The lowest BCUT2D eigenvalue weighted by atomic mass is 10.1. The van der Waals surface area contributed by atoms with E-state index in [0.717, 1.165) is 17.2 Å². The van der Waals surface area contributed by atoms with Gasteiger partial charge in [-0.1, -0.05) is 60.7 Å². The van der Waals surface area contributed by atoms with Gasteiger partial charge in [-0.3, -0.25) is 0 Å². The predicted octanol–water partition coefficient (Wildman–Crippen LogP) is 2.92. The van der Waals surface area contributed by atoms with E-state index in [4.69, 9.17) is 14.2 Å². The summed E-state index contributed by atoms with van der Waals surface area (Å²) in [4.78, 5) is 23.9. The van der Waals surface area contributed by atoms with E-state index in [-0.39, 0.29) is 6.61 Å². The highest BCUT2D eigenvalue weighted by Crippen LogP contribution is 2.26. The standard InChI is InChI=1S/C23H21FO6/c24-21-22(30-20(26)14-12-17-9-5-2-6-10-17)18(29-23(21)27)15-28-19(25)13-11-16-7-3-1-4-8-16/h1-14,18,21-23,27H,15H2/b13-11+,14-12+/t18-,21+,22+,23?/m1/s1. The Labute approximate surface area is 173 Å². The Hall–Kier alpha value is -3.29. The molecule has 3 rings (SSSR count). The fraction of sp³-hybridized carbons (Fsp3) is 0.217. The van der Waals surface area contributed by atoms with E-state index < -0.39 is 36.6 Å². The van der Waals surface area contributed by atoms with Crippen molar-refractivity contribution in [2.75, 3.05) is 6.61 Å². The molecule has 4 atom stereocenters. The third kappa shape index (κ3) is 6.10. The molecule has 2 aromatic carbocycles. The molecule has 0 amide bonds. The zero-order valence-electron chi connectivity index (χ0n) is 16.0. The number of halogens is 1. The van der Waals surface area contributed by atoms with Crippen molar-refractivity contribution >= 4 is 24.1 Å². The fourth-order valence-corrected chi connectivity index (χ4v) is 2.82. The molecule has 0 saturated carbocycles. The summed E-state index contributed by atoms with van der Waals surface area (Å²) < 4.78 is 29.4. The number of aliphatic hydroxyl groups is 1. The number of alkyl halides is 1. The Balaban J connectivity index is 1.54. The van der Waals surface area contributed by atoms with Gasteiger partial charge >= 0.3 is 11.9 Å². The van der Waals surface area contributed by atoms with E-state index >= 15 is 0 Å². The molecule has 7 heteroatoms. The van der Waals surface area contributed by atoms with Gasteiger partial charge in [-0.05, 0) is 23.3 Å². The highest BCUT2D eigenvalue weighted by Gasteiger charge is 2.47. The minimum Gasteiger partial charge on any atom is -0.460 e. The first-order valence-corrected chi connectivity index (χ1v) is 9.34. The van der Waals surface area contributed by atoms with Crippen LogP contribution in [0.4, 0.5) is 4.39 Å². The van der Waals surface area contributed by atoms with Gasteiger partial charge in [0.25, 0.3) is 0 Å². The molecule has 1 unspecified atom stereocenters. The van der Waals surface area contributed by atoms with E-state index in [9.17, 15) is 19.1 Å². The maximum atomic E-state index is 14.2. The molecule has 1 heterocycles. The molecule has 30 heavy (non-hydrogen) atoms. The number of esters is 2. The van der Waals surface area contributed by atoms with Crippen LogP contribution in [0.5, 0.6) is 0 Å². The molecule has 0 spiro atoms. The van der Waals surface area contributed by atoms with Crippen LogP contribution in [0.2, 0.25) is 0 Å². The van der Waals surface area contributed by atoms with Gasteiger partial charge < -0.3 is 19.3 Å². The average molecular weight is 412 g/mol. The zero-order chi connectivity index (χ0) is 21.3. The second kappa shape index (κ2) is 10.5. The van der Waals surface area contributed by atoms with Crippen LogP contribution in [0, 0.1) is 0 Å². The van der Waals surface area contributed by atoms with Crippen molar-refractivity contribution < 1.29 is 33.3 Å². The first kappa shape index (κ1) is 21.4. The molecule has 6 nitrogen and oxygen atoms in total. The van der Waals surface area contributed by atoms with Gasteiger partial charge in [0.15, 0.2) is 18.6 Å². The summed E-state index contributed by atoms with van der Waals surface area (Å²) >= 11 is 0. The molecular formula is C23H21FO6. The number of carbonyl (C=O) groups is 2. The summed E-state index contributed by atoms with van der Waals surface area (Å²) in [5.41, 5.74) is 1.58. The molecule has 1 fully saturated rings. The largest absolute Gasteiger partial charge is 0.460 e. The maximum absolute atomic E-state index is 14.2. The first-order chi connectivity index (χ1) is 14.5. The van der Waals surface area contributed by atoms with Crippen LogP contribution in [0.1, 0.15) is 11.1 Å². The normalized spacial score (nSPS) is 23.7. The Morgan fingerprint density at radius 1 is 0.933 bits per heavy atom. The highest BCUT2D eigenvalue weighted by atomic mass is 19.1. The van der Waals surface area contributed by atoms with Crippen molar-refractivity contribution in [2.24, 2.45) is 0 Å². The van der Waals surface area contributed by atoms with Crippen molar-refractivity contribution in [2.45, 2.75) is 24.7 Å². The van der Waals surface area contributed by atoms with Gasteiger partial charge in [0.2, 0.25) is 0 Å². The molecule has 0 bridgehead atoms. The predicted molar refractivity (Wildman–Crippen MR) is 108 cm³/mol. The number of rotatable bonds is 7. The maximum Gasteiger partial charge on any atom is 0.331 e. The number of hydrogen-bond donors (Lipinski definition) is 1. The molecular weight excluding hydrogens is 391 g/mol. The molecule has 1 saturated heterocycles. The lowest BCUT2D eigenvalue weighted by Gasteiger charge is -2.18. The van der Waals surface area contributed by atoms with E-state index in [0.29, 0.717) is 0 Å². The smallest absolute Gasteiger partial charge is 0.331 e. The number of aliphatic hydroxyl groups excluding tert-OH is 1. The molecule has 2 aromatic rings. The summed E-state index contributed by atoms with van der Waals surface area (Å²) in [6.45, 7) is -0.379. The molecule has 1 aliphatic rings. The SMILES string of the molecule is O=C(/C=C/c1ccccc1)OC[C@H]1OC(O)[C@@H](F)[C@H]1OC(=O)/C=C/c1ccccc1. The minimum absolute atomic E-state index is 0.379. The summed E-state index contributed by atoms with van der Waals surface area (Å²) in [7, 11) is 0. The molecule has 1 N–H and O–H groups in total. The van der Waals surface area contributed by atoms with Gasteiger partial charge in [-0.25, -0.2) is 14.0 Å². The number of benzene rings is 2. The third-order valence-electron chi connectivity index (χ3n) is 4.33. The Kier molecular flexibility index (Phi) is 7.48. The lowest BCUT2D eigenvalue weighted by Crippen LogP contribution is -2.36. The Morgan fingerprint density at radius 2 is 1.47 bits per heavy atom. The number of carbonyl (C=O) groups excluding carboxylic acids is 2. The highest BCUT2D eigenvalue weighted by molar-refractivity contribution is 5.87. The van der Waals surface area contributed by atoms with Gasteiger partial charge in [0.1, 0.15) is 12.7 Å². The van der Waals surface area contributed by atoms with Crippen molar-refractivity contribution in [3.8, 4) is 0 Å². The quantitative estimate of drug-likeness (QED) is 0.556. The van der Waals surface area contributed by atoms with E-state index in [1.54, 1.807) is 30.3 Å². The average Bonchev–Trinajstić information content (AvgIpc) is 3.04. The van der Waals surface area contributed by atoms with Crippen LogP contribution in [0.15, 0.2) is 72.8 Å². The van der Waals surface area contributed by atoms with Gasteiger partial charge in [0, 0.05) is 12.2 Å². The van der Waals surface area contributed by atoms with Crippen LogP contribution < -0.4 is 0 Å². The molecule has 0 radical (unpaired) electrons. The van der Waals surface area contributed by atoms with E-state index in [1.807, 2.05) is 36.4 Å². The number of hydrogen-bond acceptors (Lipinski definition) is 6. The second-order valence-electron chi connectivity index (χ2n) is 6.53. The topological polar surface area (TPSA) is 82.1 Å². The van der Waals surface area contributed by atoms with Crippen molar-refractivity contribution in [3.05, 3.63) is 83.9 Å². The summed E-state index contributed by atoms with van der Waals surface area (Å²) in [5.74, 6) is -1.47. The molecule has 0 aliphatic carbocycles. The zero-order valence-corrected chi connectivity index (χ0v) is 16.0. The van der Waals surface area contributed by atoms with Crippen LogP contribution in [0.25, 0.3) is 12.2 Å². The van der Waals surface area contributed by atoms with Crippen molar-refractivity contribution in [1.29, 1.82) is 0 Å². The summed E-state index contributed by atoms with van der Waals surface area (Å²) in [6.07, 6.45) is -0.804. The molecule has 1 aliphatic heterocycles. The van der Waals surface area contributed by atoms with Crippen LogP contribution >= 0.6 is 0 Å². The first-order valence-electron chi connectivity index (χ1n) is 9.34. The second-order valence-corrected chi connectivity index (χ2v) is 6.53. The molecule has 0 aromatic heterocycles. The van der Waals surface area contributed by atoms with E-state index in [1.165, 1.54) is 12.2 Å². The van der Waals surface area contributed by atoms with E-state index in [2.05, 4.69) is 0 Å². The Morgan fingerprint density at radius 3 is 2.03 bits per heavy atom. The summed E-state index contributed by atoms with van der Waals surface area (Å²) in [6, 6.07) is 18.1. The number of ether oxygens (including phenoxy) is 3. The van der Waals surface area contributed by atoms with Crippen LogP contribution in [-0.4, -0.2) is 48.3 Å². The third-order valence-corrected chi connectivity index (χ3v) is 4.33. The van der Waals surface area contributed by atoms with Crippen LogP contribution in [0.3, 0.4) is 0 Å². The van der Waals surface area contributed by atoms with Gasteiger partial charge in [-0.15, -0.1) is 0 Å². The summed E-state index contributed by atoms with van der Waals surface area (Å²) in [5, 5.41) is 9.62. The van der Waals surface area contributed by atoms with Gasteiger partial charge in [-0.2, -0.15) is 0 Å². The monoisotopic (exact) mass is 412 g/mol. The van der Waals surface area contributed by atoms with Crippen LogP contribution in [-0.2, 0) is 23.8 Å². The fourth-order valence-electron chi connectivity index (χ4n) is 2.82. The lowest BCUT2D eigenvalue weighted by molar-refractivity contribution is -0.156. The van der Waals surface area contributed by atoms with Crippen molar-refractivity contribution in [1.82, 2.24) is 0 Å². The molecule has 156 valence electrons. The van der Waals surface area contributed by atoms with Crippen molar-refractivity contribution in [3.63, 3.8) is 0 Å². The van der Waals surface area contributed by atoms with Gasteiger partial charge in [0.05, 0.1) is 0 Å². The Bertz CT molecular complexity index is 896.